The number of para-hydroxylation sites is 1. The summed E-state index contributed by atoms with van der Waals surface area (Å²) < 4.78 is 0. The van der Waals surface area contributed by atoms with Crippen LogP contribution in [0.15, 0.2) is 24.3 Å². The summed E-state index contributed by atoms with van der Waals surface area (Å²) in [6, 6.07) is 7.80. The van der Waals surface area contributed by atoms with Gasteiger partial charge in [-0.3, -0.25) is 4.79 Å². The number of hydrogen-bond acceptors (Lipinski definition) is 4. The molecule has 2 rings (SSSR count). The molecule has 5 heteroatoms. The highest BCUT2D eigenvalue weighted by Crippen LogP contribution is 2.27. The number of rotatable bonds is 6. The van der Waals surface area contributed by atoms with Crippen LogP contribution < -0.4 is 10.6 Å². The van der Waals surface area contributed by atoms with Crippen molar-refractivity contribution in [2.75, 3.05) is 23.4 Å². The van der Waals surface area contributed by atoms with E-state index in [1.165, 1.54) is 0 Å². The summed E-state index contributed by atoms with van der Waals surface area (Å²) >= 11 is 1.78. The lowest BCUT2D eigenvalue weighted by Crippen LogP contribution is -2.44. The Hall–Kier alpha value is -1.04. The molecule has 1 aromatic carbocycles. The van der Waals surface area contributed by atoms with Crippen LogP contribution in [0.5, 0.6) is 0 Å². The van der Waals surface area contributed by atoms with Crippen molar-refractivity contribution < 1.29 is 9.90 Å². The van der Waals surface area contributed by atoms with E-state index in [1.54, 1.807) is 11.8 Å². The maximum absolute atomic E-state index is 12.0. The van der Waals surface area contributed by atoms with E-state index in [4.69, 9.17) is 0 Å². The first-order valence-corrected chi connectivity index (χ1v) is 8.53. The fourth-order valence-corrected chi connectivity index (χ4v) is 3.66. The van der Waals surface area contributed by atoms with Crippen molar-refractivity contribution in [3.63, 3.8) is 0 Å². The zero-order valence-corrected chi connectivity index (χ0v) is 13.5. The number of thioether (sulfide) groups is 1. The third-order valence-corrected chi connectivity index (χ3v) is 5.01. The minimum absolute atomic E-state index is 0.00270. The predicted octanol–water partition coefficient (Wildman–Crippen LogP) is 2.17. The third-order valence-electron chi connectivity index (χ3n) is 3.77. The van der Waals surface area contributed by atoms with Crippen LogP contribution in [-0.4, -0.2) is 40.7 Å². The molecule has 0 aliphatic carbocycles. The molecule has 1 aliphatic rings. The number of anilines is 1. The normalized spacial score (nSPS) is 23.0. The minimum Gasteiger partial charge on any atom is -0.388 e. The van der Waals surface area contributed by atoms with Gasteiger partial charge in [-0.2, -0.15) is 11.8 Å². The summed E-state index contributed by atoms with van der Waals surface area (Å²) in [7, 11) is 0. The zero-order valence-electron chi connectivity index (χ0n) is 12.7. The van der Waals surface area contributed by atoms with Crippen molar-refractivity contribution in [1.29, 1.82) is 0 Å². The molecule has 3 N–H and O–H groups in total. The van der Waals surface area contributed by atoms with Crippen molar-refractivity contribution in [2.24, 2.45) is 0 Å². The lowest BCUT2D eigenvalue weighted by molar-refractivity contribution is -0.116. The Labute approximate surface area is 130 Å². The number of carbonyl (C=O) groups excluding carboxylic acids is 1. The maximum Gasteiger partial charge on any atom is 0.225 e. The van der Waals surface area contributed by atoms with Crippen molar-refractivity contribution >= 4 is 23.4 Å². The number of amides is 1. The molecular weight excluding hydrogens is 284 g/mol. The highest BCUT2D eigenvalue weighted by atomic mass is 32.2. The van der Waals surface area contributed by atoms with Crippen LogP contribution in [0.25, 0.3) is 0 Å². The SMILES string of the molecule is Cc1ccccc1NC(=O)CC(C)NCC1(O)CCSC1. The van der Waals surface area contributed by atoms with Crippen molar-refractivity contribution in [3.8, 4) is 0 Å². The van der Waals surface area contributed by atoms with E-state index in [0.29, 0.717) is 13.0 Å². The summed E-state index contributed by atoms with van der Waals surface area (Å²) in [6.45, 7) is 4.51. The van der Waals surface area contributed by atoms with E-state index in [0.717, 1.165) is 29.2 Å². The van der Waals surface area contributed by atoms with Crippen LogP contribution in [0.1, 0.15) is 25.3 Å². The van der Waals surface area contributed by atoms with Gasteiger partial charge >= 0.3 is 0 Å². The van der Waals surface area contributed by atoms with Gasteiger partial charge in [0, 0.05) is 30.4 Å². The molecule has 2 unspecified atom stereocenters. The van der Waals surface area contributed by atoms with E-state index in [2.05, 4.69) is 10.6 Å². The standard InChI is InChI=1S/C16H24N2O2S/c1-12-5-3-4-6-14(12)18-15(19)9-13(2)17-10-16(20)7-8-21-11-16/h3-6,13,17,20H,7-11H2,1-2H3,(H,18,19). The molecule has 1 aromatic rings. The summed E-state index contributed by atoms with van der Waals surface area (Å²) in [6.07, 6.45) is 1.23. The molecule has 0 saturated carbocycles. The first-order chi connectivity index (χ1) is 9.98. The van der Waals surface area contributed by atoms with Gasteiger partial charge in [0.05, 0.1) is 5.60 Å². The van der Waals surface area contributed by atoms with Crippen LogP contribution in [0.4, 0.5) is 5.69 Å². The monoisotopic (exact) mass is 308 g/mol. The number of nitrogens with one attached hydrogen (secondary N) is 2. The van der Waals surface area contributed by atoms with Gasteiger partial charge < -0.3 is 15.7 Å². The Morgan fingerprint density at radius 3 is 2.90 bits per heavy atom. The summed E-state index contributed by atoms with van der Waals surface area (Å²) in [5.74, 6) is 1.79. The van der Waals surface area contributed by atoms with E-state index >= 15 is 0 Å². The second-order valence-electron chi connectivity index (χ2n) is 5.88. The summed E-state index contributed by atoms with van der Waals surface area (Å²) in [5, 5.41) is 16.5. The smallest absolute Gasteiger partial charge is 0.225 e. The second kappa shape index (κ2) is 7.29. The number of benzene rings is 1. The Morgan fingerprint density at radius 1 is 1.48 bits per heavy atom. The second-order valence-corrected chi connectivity index (χ2v) is 6.98. The predicted molar refractivity (Wildman–Crippen MR) is 88.8 cm³/mol. The molecule has 0 bridgehead atoms. The molecule has 1 amide bonds. The number of hydrogen-bond donors (Lipinski definition) is 3. The van der Waals surface area contributed by atoms with E-state index in [1.807, 2.05) is 38.1 Å². The number of aliphatic hydroxyl groups is 1. The van der Waals surface area contributed by atoms with E-state index in [9.17, 15) is 9.90 Å². The van der Waals surface area contributed by atoms with Gasteiger partial charge in [-0.05, 0) is 37.7 Å². The van der Waals surface area contributed by atoms with Gasteiger partial charge in [-0.25, -0.2) is 0 Å². The van der Waals surface area contributed by atoms with Gasteiger partial charge in [-0.1, -0.05) is 18.2 Å². The van der Waals surface area contributed by atoms with E-state index in [-0.39, 0.29) is 11.9 Å². The molecule has 2 atom stereocenters. The van der Waals surface area contributed by atoms with Crippen LogP contribution in [0, 0.1) is 6.92 Å². The topological polar surface area (TPSA) is 61.4 Å². The molecule has 0 aromatic heterocycles. The highest BCUT2D eigenvalue weighted by Gasteiger charge is 2.31. The first-order valence-electron chi connectivity index (χ1n) is 7.37. The zero-order chi connectivity index (χ0) is 15.3. The average molecular weight is 308 g/mol. The molecule has 0 spiro atoms. The van der Waals surface area contributed by atoms with Crippen LogP contribution in [-0.2, 0) is 4.79 Å². The van der Waals surface area contributed by atoms with Gasteiger partial charge in [-0.15, -0.1) is 0 Å². The molecule has 21 heavy (non-hydrogen) atoms. The number of carbonyl (C=O) groups is 1. The summed E-state index contributed by atoms with van der Waals surface area (Å²) in [4.78, 5) is 12.0. The lowest BCUT2D eigenvalue weighted by atomic mass is 10.0. The molecule has 1 heterocycles. The molecule has 4 nitrogen and oxygen atoms in total. The third kappa shape index (κ3) is 5.02. The maximum atomic E-state index is 12.0. The van der Waals surface area contributed by atoms with Gasteiger partial charge in [0.15, 0.2) is 0 Å². The molecule has 116 valence electrons. The largest absolute Gasteiger partial charge is 0.388 e. The van der Waals surface area contributed by atoms with E-state index < -0.39 is 5.60 Å². The summed E-state index contributed by atoms with van der Waals surface area (Å²) in [5.41, 5.74) is 1.31. The van der Waals surface area contributed by atoms with Gasteiger partial charge in [0.1, 0.15) is 0 Å². The fraction of sp³-hybridized carbons (Fsp3) is 0.562. The molecule has 1 fully saturated rings. The Morgan fingerprint density at radius 2 is 2.24 bits per heavy atom. The van der Waals surface area contributed by atoms with Crippen LogP contribution in [0.2, 0.25) is 0 Å². The average Bonchev–Trinajstić information content (AvgIpc) is 2.87. The fourth-order valence-electron chi connectivity index (χ4n) is 2.36. The van der Waals surface area contributed by atoms with Crippen LogP contribution >= 0.6 is 11.8 Å². The number of aryl methyl sites for hydroxylation is 1. The highest BCUT2D eigenvalue weighted by molar-refractivity contribution is 7.99. The lowest BCUT2D eigenvalue weighted by Gasteiger charge is -2.24. The molecule has 1 saturated heterocycles. The minimum atomic E-state index is -0.606. The first kappa shape index (κ1) is 16.3. The van der Waals surface area contributed by atoms with Crippen molar-refractivity contribution in [3.05, 3.63) is 29.8 Å². The van der Waals surface area contributed by atoms with Gasteiger partial charge in [0.2, 0.25) is 5.91 Å². The Kier molecular flexibility index (Phi) is 5.67. The van der Waals surface area contributed by atoms with Crippen LogP contribution in [0.3, 0.4) is 0 Å². The van der Waals surface area contributed by atoms with Crippen molar-refractivity contribution in [2.45, 2.75) is 38.3 Å². The van der Waals surface area contributed by atoms with Crippen molar-refractivity contribution in [1.82, 2.24) is 5.32 Å². The molecule has 1 aliphatic heterocycles. The van der Waals surface area contributed by atoms with Gasteiger partial charge in [0.25, 0.3) is 0 Å². The Bertz CT molecular complexity index is 487. The quantitative estimate of drug-likeness (QED) is 0.754. The molecule has 0 radical (unpaired) electrons. The Balaban J connectivity index is 1.76. The molecular formula is C16H24N2O2S.